The molecule has 9 heteroatoms. The van der Waals surface area contributed by atoms with E-state index in [2.05, 4.69) is 20.4 Å². The summed E-state index contributed by atoms with van der Waals surface area (Å²) < 4.78 is 0. The predicted molar refractivity (Wildman–Crippen MR) is 58.0 cm³/mol. The molecular weight excluding hydrogens is 306 g/mol. The molecule has 0 unspecified atom stereocenters. The summed E-state index contributed by atoms with van der Waals surface area (Å²) in [5, 5.41) is 30.0. The van der Waals surface area contributed by atoms with E-state index >= 15 is 0 Å². The molecule has 2 aromatic rings. The normalized spacial score (nSPS) is 8.42. The average Bonchev–Trinajstić information content (AvgIpc) is 2.41. The van der Waals surface area contributed by atoms with E-state index in [1.807, 2.05) is 0 Å². The molecule has 94 valence electrons. The van der Waals surface area contributed by atoms with Gasteiger partial charge in [-0.2, -0.15) is 10.2 Å². The number of rotatable bonds is 2. The number of nitrogens with zero attached hydrogens (tertiary/aromatic N) is 4. The molecule has 0 aliphatic carbocycles. The fraction of sp³-hybridized carbons (Fsp3) is 0. The zero-order valence-corrected chi connectivity index (χ0v) is 12.6. The van der Waals surface area contributed by atoms with Crippen LogP contribution < -0.4 is 0 Å². The molecule has 2 heterocycles. The van der Waals surface area contributed by atoms with Gasteiger partial charge in [-0.25, -0.2) is 9.59 Å². The van der Waals surface area contributed by atoms with Gasteiger partial charge in [0.25, 0.3) is 0 Å². The summed E-state index contributed by atoms with van der Waals surface area (Å²) in [6.45, 7) is 0. The zero-order chi connectivity index (χ0) is 13.4. The second kappa shape index (κ2) is 8.76. The number of carboxylic acid groups (broad SMARTS) is 2. The first-order valence-electron chi connectivity index (χ1n) is 4.63. The van der Waals surface area contributed by atoms with Crippen LogP contribution in [0, 0.1) is 0 Å². The minimum absolute atomic E-state index is 0. The molecule has 2 N–H and O–H groups in total. The van der Waals surface area contributed by atoms with E-state index in [4.69, 9.17) is 10.2 Å². The molecule has 0 saturated carbocycles. The quantitative estimate of drug-likeness (QED) is 0.760. The van der Waals surface area contributed by atoms with Crippen molar-refractivity contribution in [2.24, 2.45) is 0 Å². The van der Waals surface area contributed by atoms with E-state index in [9.17, 15) is 9.59 Å². The Morgan fingerprint density at radius 1 is 0.842 bits per heavy atom. The van der Waals surface area contributed by atoms with Gasteiger partial charge in [-0.05, 0) is 24.3 Å². The van der Waals surface area contributed by atoms with Crippen LogP contribution in [-0.2, 0) is 19.5 Å². The summed E-state index contributed by atoms with van der Waals surface area (Å²) in [5.41, 5.74) is -0.0602. The Morgan fingerprint density at radius 3 is 1.37 bits per heavy atom. The molecule has 0 aliphatic heterocycles. The third kappa shape index (κ3) is 6.27. The van der Waals surface area contributed by atoms with Crippen LogP contribution in [0.2, 0.25) is 0 Å². The van der Waals surface area contributed by atoms with Crippen LogP contribution in [0.25, 0.3) is 0 Å². The van der Waals surface area contributed by atoms with Crippen molar-refractivity contribution < 1.29 is 39.3 Å². The van der Waals surface area contributed by atoms with E-state index in [1.54, 1.807) is 0 Å². The Bertz CT molecular complexity index is 474. The van der Waals surface area contributed by atoms with Gasteiger partial charge < -0.3 is 10.2 Å². The van der Waals surface area contributed by atoms with Crippen LogP contribution >= 0.6 is 0 Å². The first-order chi connectivity index (χ1) is 8.61. The molecule has 2 aromatic heterocycles. The van der Waals surface area contributed by atoms with Gasteiger partial charge in [-0.1, -0.05) is 0 Å². The second-order valence-corrected chi connectivity index (χ2v) is 2.83. The van der Waals surface area contributed by atoms with E-state index < -0.39 is 11.9 Å². The van der Waals surface area contributed by atoms with Crippen LogP contribution in [-0.4, -0.2) is 42.5 Å². The summed E-state index contributed by atoms with van der Waals surface area (Å²) in [5.74, 6) is -2.11. The number of carboxylic acids is 2. The van der Waals surface area contributed by atoms with Crippen LogP contribution in [0.3, 0.4) is 0 Å². The fourth-order valence-corrected chi connectivity index (χ4v) is 0.831. The average molecular weight is 314 g/mol. The van der Waals surface area contributed by atoms with E-state index in [-0.39, 0.29) is 30.9 Å². The van der Waals surface area contributed by atoms with Crippen molar-refractivity contribution in [2.75, 3.05) is 0 Å². The number of hydrogen-bond acceptors (Lipinski definition) is 6. The van der Waals surface area contributed by atoms with Crippen molar-refractivity contribution in [2.45, 2.75) is 0 Å². The van der Waals surface area contributed by atoms with E-state index in [1.165, 1.54) is 36.7 Å². The Balaban J connectivity index is 0.000000324. The molecule has 0 aromatic carbocycles. The first kappa shape index (κ1) is 16.7. The minimum atomic E-state index is -1.05. The molecule has 8 nitrogen and oxygen atoms in total. The molecule has 0 aliphatic rings. The van der Waals surface area contributed by atoms with E-state index in [0.717, 1.165) is 0 Å². The third-order valence-corrected chi connectivity index (χ3v) is 1.58. The Labute approximate surface area is 120 Å². The Morgan fingerprint density at radius 2 is 1.21 bits per heavy atom. The summed E-state index contributed by atoms with van der Waals surface area (Å²) in [6, 6.07) is 5.82. The molecule has 0 atom stereocenters. The summed E-state index contributed by atoms with van der Waals surface area (Å²) in [4.78, 5) is 20.2. The number of carbonyl (C=O) groups is 2. The van der Waals surface area contributed by atoms with Crippen molar-refractivity contribution in [1.29, 1.82) is 0 Å². The molecule has 0 fully saturated rings. The predicted octanol–water partition coefficient (Wildman–Crippen LogP) is 0.347. The largest absolute Gasteiger partial charge is 0.476 e. The van der Waals surface area contributed by atoms with Gasteiger partial charge in [-0.3, -0.25) is 0 Å². The van der Waals surface area contributed by atoms with Gasteiger partial charge in [-0.15, -0.1) is 10.2 Å². The SMILES string of the molecule is O=C(O)c1cccnn1.O=C(O)c1cccnn1.[Zn]. The number of aromatic nitrogens is 4. The van der Waals surface area contributed by atoms with Gasteiger partial charge in [0.15, 0.2) is 11.4 Å². The monoisotopic (exact) mass is 312 g/mol. The number of hydrogen-bond donors (Lipinski definition) is 2. The molecule has 0 saturated heterocycles. The summed E-state index contributed by atoms with van der Waals surface area (Å²) in [7, 11) is 0. The van der Waals surface area contributed by atoms with Crippen molar-refractivity contribution in [3.05, 3.63) is 48.0 Å². The van der Waals surface area contributed by atoms with Crippen molar-refractivity contribution in [3.63, 3.8) is 0 Å². The van der Waals surface area contributed by atoms with Crippen molar-refractivity contribution in [1.82, 2.24) is 20.4 Å². The molecule has 0 radical (unpaired) electrons. The Hall–Kier alpha value is -2.28. The smallest absolute Gasteiger partial charge is 0.356 e. The molecule has 2 rings (SSSR count). The topological polar surface area (TPSA) is 126 Å². The zero-order valence-electron chi connectivity index (χ0n) is 9.67. The molecule has 0 spiro atoms. The fourth-order valence-electron chi connectivity index (χ4n) is 0.831. The van der Waals surface area contributed by atoms with E-state index in [0.29, 0.717) is 0 Å². The standard InChI is InChI=1S/2C5H4N2O2.Zn/c2*8-5(9)4-2-1-3-6-7-4;/h2*1-3H,(H,8,9);. The van der Waals surface area contributed by atoms with Crippen molar-refractivity contribution in [3.8, 4) is 0 Å². The van der Waals surface area contributed by atoms with Crippen molar-refractivity contribution >= 4 is 11.9 Å². The van der Waals surface area contributed by atoms with Crippen LogP contribution in [0.15, 0.2) is 36.7 Å². The number of aromatic carboxylic acids is 2. The molecule has 0 amide bonds. The summed E-state index contributed by atoms with van der Waals surface area (Å²) >= 11 is 0. The van der Waals surface area contributed by atoms with Gasteiger partial charge in [0.1, 0.15) is 0 Å². The maximum absolute atomic E-state index is 10.1. The van der Waals surface area contributed by atoms with Crippen LogP contribution in [0.1, 0.15) is 21.0 Å². The minimum Gasteiger partial charge on any atom is -0.476 e. The molecule has 19 heavy (non-hydrogen) atoms. The summed E-state index contributed by atoms with van der Waals surface area (Å²) in [6.07, 6.45) is 2.85. The molecule has 0 bridgehead atoms. The first-order valence-corrected chi connectivity index (χ1v) is 4.63. The third-order valence-electron chi connectivity index (χ3n) is 1.58. The van der Waals surface area contributed by atoms with Gasteiger partial charge >= 0.3 is 11.9 Å². The van der Waals surface area contributed by atoms with Gasteiger partial charge in [0.2, 0.25) is 0 Å². The molecular formula is C10H8N4O4Zn. The van der Waals surface area contributed by atoms with Crippen LogP contribution in [0.4, 0.5) is 0 Å². The Kier molecular flexibility index (Phi) is 7.71. The van der Waals surface area contributed by atoms with Gasteiger partial charge in [0, 0.05) is 31.9 Å². The second-order valence-electron chi connectivity index (χ2n) is 2.83. The maximum Gasteiger partial charge on any atom is 0.356 e. The van der Waals surface area contributed by atoms with Crippen LogP contribution in [0.5, 0.6) is 0 Å². The maximum atomic E-state index is 10.1. The van der Waals surface area contributed by atoms with Gasteiger partial charge in [0.05, 0.1) is 0 Å².